The van der Waals surface area contributed by atoms with Crippen molar-refractivity contribution < 1.29 is 0 Å². The van der Waals surface area contributed by atoms with E-state index in [0.717, 1.165) is 5.71 Å². The lowest BCUT2D eigenvalue weighted by atomic mass is 9.78. The van der Waals surface area contributed by atoms with Crippen LogP contribution in [0.4, 0.5) is 0 Å². The Morgan fingerprint density at radius 3 is 2.29 bits per heavy atom. The third-order valence-electron chi connectivity index (χ3n) is 6.68. The number of nitrogens with one attached hydrogen (secondary N) is 1. The van der Waals surface area contributed by atoms with Gasteiger partial charge in [0.05, 0.1) is 0 Å². The summed E-state index contributed by atoms with van der Waals surface area (Å²) < 4.78 is 0. The molecule has 1 nitrogen and oxygen atoms in total. The minimum atomic E-state index is 0.264. The second kappa shape index (κ2) is 7.05. The first-order valence-corrected chi connectivity index (χ1v) is 10.6. The van der Waals surface area contributed by atoms with Crippen molar-refractivity contribution in [1.82, 2.24) is 0 Å². The molecule has 0 aliphatic heterocycles. The van der Waals surface area contributed by atoms with Crippen molar-refractivity contribution in [1.29, 1.82) is 5.41 Å². The van der Waals surface area contributed by atoms with Crippen molar-refractivity contribution in [3.8, 4) is 0 Å². The molecule has 0 radical (unpaired) electrons. The number of fused-ring (bicyclic) bond motifs is 2. The summed E-state index contributed by atoms with van der Waals surface area (Å²) in [7, 11) is 0. The van der Waals surface area contributed by atoms with Gasteiger partial charge in [-0.15, -0.1) is 0 Å². The summed E-state index contributed by atoms with van der Waals surface area (Å²) >= 11 is 0. The molecule has 1 heteroatoms. The highest BCUT2D eigenvalue weighted by Gasteiger charge is 2.29. The number of rotatable bonds is 3. The third-order valence-corrected chi connectivity index (χ3v) is 6.68. The Kier molecular flexibility index (Phi) is 4.39. The average Bonchev–Trinajstić information content (AvgIpc) is 3.08. The van der Waals surface area contributed by atoms with Crippen LogP contribution in [0.2, 0.25) is 0 Å². The standard InChI is InChI=1S/C27H27N/c1-18-15-22-13-7-8-14-23(22)26(18)24-16-20-11-5-6-12-21(20)17-25(24)27(28)19-9-3-2-4-10-19/h5-8,11-17,19,26,28H,2-4,9-10H2,1H3. The van der Waals surface area contributed by atoms with Gasteiger partial charge in [-0.3, -0.25) is 0 Å². The highest BCUT2D eigenvalue weighted by Crippen LogP contribution is 2.43. The molecule has 3 aromatic rings. The number of allylic oxidation sites excluding steroid dienone is 1. The molecule has 1 unspecified atom stereocenters. The van der Waals surface area contributed by atoms with Crippen LogP contribution in [0.25, 0.3) is 16.8 Å². The monoisotopic (exact) mass is 365 g/mol. The molecule has 0 saturated heterocycles. The van der Waals surface area contributed by atoms with Crippen molar-refractivity contribution in [3.63, 3.8) is 0 Å². The molecule has 140 valence electrons. The molecule has 1 saturated carbocycles. The lowest BCUT2D eigenvalue weighted by molar-refractivity contribution is 0.438. The topological polar surface area (TPSA) is 23.9 Å². The Labute approximate surface area is 167 Å². The summed E-state index contributed by atoms with van der Waals surface area (Å²) in [4.78, 5) is 0. The fraction of sp³-hybridized carbons (Fsp3) is 0.296. The van der Waals surface area contributed by atoms with Crippen LogP contribution in [0, 0.1) is 11.3 Å². The van der Waals surface area contributed by atoms with E-state index in [9.17, 15) is 0 Å². The van der Waals surface area contributed by atoms with Gasteiger partial charge in [0.1, 0.15) is 0 Å². The van der Waals surface area contributed by atoms with E-state index in [1.165, 1.54) is 70.7 Å². The molecule has 3 aromatic carbocycles. The second-order valence-electron chi connectivity index (χ2n) is 8.49. The zero-order valence-electron chi connectivity index (χ0n) is 16.5. The maximum Gasteiger partial charge on any atom is 0.0420 e. The van der Waals surface area contributed by atoms with Crippen LogP contribution in [0.3, 0.4) is 0 Å². The predicted molar refractivity (Wildman–Crippen MR) is 119 cm³/mol. The molecule has 1 fully saturated rings. The lowest BCUT2D eigenvalue weighted by Crippen LogP contribution is -2.20. The Morgan fingerprint density at radius 1 is 0.821 bits per heavy atom. The molecule has 2 aliphatic rings. The molecule has 1 N–H and O–H groups in total. The van der Waals surface area contributed by atoms with Gasteiger partial charge in [0, 0.05) is 23.1 Å². The Balaban J connectivity index is 1.69. The summed E-state index contributed by atoms with van der Waals surface area (Å²) in [5, 5.41) is 11.7. The molecule has 0 bridgehead atoms. The molecule has 0 spiro atoms. The summed E-state index contributed by atoms with van der Waals surface area (Å²) in [6.07, 6.45) is 8.51. The van der Waals surface area contributed by atoms with Crippen LogP contribution in [0.15, 0.2) is 66.2 Å². The van der Waals surface area contributed by atoms with Crippen molar-refractivity contribution in [2.24, 2.45) is 5.92 Å². The molecule has 1 atom stereocenters. The van der Waals surface area contributed by atoms with E-state index in [0.29, 0.717) is 5.92 Å². The third kappa shape index (κ3) is 2.90. The molecule has 0 aromatic heterocycles. The molecule has 0 heterocycles. The van der Waals surface area contributed by atoms with E-state index in [2.05, 4.69) is 73.7 Å². The highest BCUT2D eigenvalue weighted by molar-refractivity contribution is 6.05. The Bertz CT molecular complexity index is 1080. The van der Waals surface area contributed by atoms with Crippen molar-refractivity contribution in [2.45, 2.75) is 44.9 Å². The van der Waals surface area contributed by atoms with E-state index >= 15 is 0 Å². The Morgan fingerprint density at radius 2 is 1.50 bits per heavy atom. The molecule has 28 heavy (non-hydrogen) atoms. The van der Waals surface area contributed by atoms with Gasteiger partial charge in [-0.1, -0.05) is 79.4 Å². The van der Waals surface area contributed by atoms with E-state index in [1.54, 1.807) is 0 Å². The normalized spacial score (nSPS) is 19.5. The van der Waals surface area contributed by atoms with Crippen LogP contribution in [-0.4, -0.2) is 5.71 Å². The second-order valence-corrected chi connectivity index (χ2v) is 8.49. The van der Waals surface area contributed by atoms with Crippen molar-refractivity contribution in [3.05, 3.63) is 88.5 Å². The zero-order valence-corrected chi connectivity index (χ0v) is 16.5. The van der Waals surface area contributed by atoms with E-state index in [-0.39, 0.29) is 5.92 Å². The van der Waals surface area contributed by atoms with E-state index in [4.69, 9.17) is 5.41 Å². The van der Waals surface area contributed by atoms with Crippen LogP contribution in [0.1, 0.15) is 67.2 Å². The van der Waals surface area contributed by atoms with Gasteiger partial charge in [-0.2, -0.15) is 0 Å². The number of hydrogen-bond donors (Lipinski definition) is 1. The fourth-order valence-electron chi connectivity index (χ4n) is 5.23. The van der Waals surface area contributed by atoms with Gasteiger partial charge in [0.15, 0.2) is 0 Å². The molecular formula is C27H27N. The minimum absolute atomic E-state index is 0.264. The average molecular weight is 366 g/mol. The number of hydrogen-bond acceptors (Lipinski definition) is 1. The number of benzene rings is 3. The van der Waals surface area contributed by atoms with E-state index in [1.807, 2.05) is 0 Å². The molecule has 2 aliphatic carbocycles. The summed E-state index contributed by atoms with van der Waals surface area (Å²) in [5.41, 5.74) is 7.43. The largest absolute Gasteiger partial charge is 0.304 e. The smallest absolute Gasteiger partial charge is 0.0420 e. The van der Waals surface area contributed by atoms with Gasteiger partial charge in [0.2, 0.25) is 0 Å². The van der Waals surface area contributed by atoms with Crippen LogP contribution < -0.4 is 0 Å². The maximum absolute atomic E-state index is 9.13. The first-order chi connectivity index (χ1) is 13.7. The molecular weight excluding hydrogens is 338 g/mol. The Hall–Kier alpha value is -2.67. The van der Waals surface area contributed by atoms with Gasteiger partial charge >= 0.3 is 0 Å². The quantitative estimate of drug-likeness (QED) is 0.470. The van der Waals surface area contributed by atoms with Crippen LogP contribution >= 0.6 is 0 Å². The van der Waals surface area contributed by atoms with Gasteiger partial charge in [-0.25, -0.2) is 0 Å². The SMILES string of the molecule is CC1=Cc2ccccc2C1c1cc2ccccc2cc1C(=N)C1CCCCC1. The maximum atomic E-state index is 9.13. The predicted octanol–water partition coefficient (Wildman–Crippen LogP) is 7.34. The van der Waals surface area contributed by atoms with Gasteiger partial charge < -0.3 is 5.41 Å². The minimum Gasteiger partial charge on any atom is -0.304 e. The molecule has 5 rings (SSSR count). The summed E-state index contributed by atoms with van der Waals surface area (Å²) in [6.45, 7) is 2.24. The summed E-state index contributed by atoms with van der Waals surface area (Å²) in [5.74, 6) is 0.675. The first kappa shape index (κ1) is 17.4. The lowest BCUT2D eigenvalue weighted by Gasteiger charge is -2.26. The van der Waals surface area contributed by atoms with Crippen LogP contribution in [-0.2, 0) is 0 Å². The van der Waals surface area contributed by atoms with Crippen molar-refractivity contribution >= 4 is 22.6 Å². The highest BCUT2D eigenvalue weighted by atomic mass is 14.5. The van der Waals surface area contributed by atoms with Gasteiger partial charge in [-0.05, 0) is 59.4 Å². The fourth-order valence-corrected chi connectivity index (χ4v) is 5.23. The van der Waals surface area contributed by atoms with Gasteiger partial charge in [0.25, 0.3) is 0 Å². The summed E-state index contributed by atoms with van der Waals surface area (Å²) in [6, 6.07) is 22.0. The van der Waals surface area contributed by atoms with Crippen LogP contribution in [0.5, 0.6) is 0 Å². The van der Waals surface area contributed by atoms with Crippen molar-refractivity contribution in [2.75, 3.05) is 0 Å². The van der Waals surface area contributed by atoms with E-state index < -0.39 is 0 Å². The first-order valence-electron chi connectivity index (χ1n) is 10.6. The molecule has 0 amide bonds. The zero-order chi connectivity index (χ0) is 19.1.